The molecule has 2 rings (SSSR count). The summed E-state index contributed by atoms with van der Waals surface area (Å²) < 4.78 is 0. The highest BCUT2D eigenvalue weighted by molar-refractivity contribution is 7.11. The van der Waals surface area contributed by atoms with Gasteiger partial charge in [-0.2, -0.15) is 0 Å². The predicted octanol–water partition coefficient (Wildman–Crippen LogP) is 3.59. The second-order valence-corrected chi connectivity index (χ2v) is 6.49. The van der Waals surface area contributed by atoms with E-state index in [4.69, 9.17) is 5.73 Å². The van der Waals surface area contributed by atoms with Crippen LogP contribution >= 0.6 is 11.3 Å². The molecule has 90 valence electrons. The van der Waals surface area contributed by atoms with Gasteiger partial charge in [0.05, 0.1) is 11.7 Å². The Balaban J connectivity index is 2.08. The van der Waals surface area contributed by atoms with Crippen molar-refractivity contribution in [2.45, 2.75) is 52.5 Å². The largest absolute Gasteiger partial charge is 0.322 e. The molecule has 0 radical (unpaired) electrons. The van der Waals surface area contributed by atoms with Crippen molar-refractivity contribution < 1.29 is 0 Å². The van der Waals surface area contributed by atoms with Gasteiger partial charge in [0.25, 0.3) is 0 Å². The highest BCUT2D eigenvalue weighted by atomic mass is 32.1. The van der Waals surface area contributed by atoms with Gasteiger partial charge < -0.3 is 5.73 Å². The van der Waals surface area contributed by atoms with E-state index < -0.39 is 0 Å². The van der Waals surface area contributed by atoms with Gasteiger partial charge in [-0.05, 0) is 38.5 Å². The molecule has 1 aromatic heterocycles. The molecule has 2 nitrogen and oxygen atoms in total. The maximum atomic E-state index is 6.36. The Bertz CT molecular complexity index is 339. The van der Waals surface area contributed by atoms with E-state index in [0.29, 0.717) is 5.92 Å². The lowest BCUT2D eigenvalue weighted by molar-refractivity contribution is 0.247. The average Bonchev–Trinajstić information content (AvgIpc) is 2.58. The van der Waals surface area contributed by atoms with E-state index in [1.807, 2.05) is 0 Å². The van der Waals surface area contributed by atoms with Crippen molar-refractivity contribution in [2.75, 3.05) is 0 Å². The molecule has 0 spiro atoms. The fraction of sp³-hybridized carbons (Fsp3) is 0.769. The monoisotopic (exact) mass is 238 g/mol. The van der Waals surface area contributed by atoms with Crippen LogP contribution in [-0.4, -0.2) is 4.98 Å². The number of nitrogens with zero attached hydrogens (tertiary/aromatic N) is 1. The maximum absolute atomic E-state index is 6.36. The van der Waals surface area contributed by atoms with Crippen molar-refractivity contribution in [3.63, 3.8) is 0 Å². The van der Waals surface area contributed by atoms with Crippen molar-refractivity contribution in [3.8, 4) is 0 Å². The second kappa shape index (κ2) is 4.84. The zero-order chi connectivity index (χ0) is 11.7. The van der Waals surface area contributed by atoms with Gasteiger partial charge in [-0.3, -0.25) is 0 Å². The molecule has 0 saturated heterocycles. The highest BCUT2D eigenvalue weighted by Crippen LogP contribution is 2.37. The first-order valence-corrected chi connectivity index (χ1v) is 7.09. The minimum atomic E-state index is 0.167. The van der Waals surface area contributed by atoms with Gasteiger partial charge in [0, 0.05) is 4.88 Å². The van der Waals surface area contributed by atoms with Gasteiger partial charge in [0.1, 0.15) is 5.01 Å². The summed E-state index contributed by atoms with van der Waals surface area (Å²) in [4.78, 5) is 5.92. The summed E-state index contributed by atoms with van der Waals surface area (Å²) in [6, 6.07) is 0.167. The topological polar surface area (TPSA) is 38.9 Å². The molecule has 1 aliphatic carbocycles. The molecule has 1 fully saturated rings. The summed E-state index contributed by atoms with van der Waals surface area (Å²) in [6.07, 6.45) is 5.27. The third-order valence-corrected chi connectivity index (χ3v) is 4.99. The van der Waals surface area contributed by atoms with Crippen molar-refractivity contribution in [1.29, 1.82) is 0 Å². The average molecular weight is 238 g/mol. The van der Waals surface area contributed by atoms with Gasteiger partial charge in [-0.15, -0.1) is 11.3 Å². The number of thiazole rings is 1. The van der Waals surface area contributed by atoms with E-state index in [1.54, 1.807) is 11.3 Å². The standard InChI is InChI=1S/C13H22N2S/c1-8-5-4-6-11(7-8)12(14)13-15-9(2)10(3)16-13/h8,11-12H,4-7,14H2,1-3H3. The second-order valence-electron chi connectivity index (χ2n) is 5.25. The van der Waals surface area contributed by atoms with Crippen LogP contribution in [0.1, 0.15) is 54.2 Å². The summed E-state index contributed by atoms with van der Waals surface area (Å²) in [6.45, 7) is 6.55. The molecule has 0 bridgehead atoms. The fourth-order valence-corrected chi connectivity index (χ4v) is 3.67. The maximum Gasteiger partial charge on any atom is 0.110 e. The van der Waals surface area contributed by atoms with Crippen molar-refractivity contribution in [1.82, 2.24) is 4.98 Å². The normalized spacial score (nSPS) is 28.0. The van der Waals surface area contributed by atoms with Gasteiger partial charge in [-0.1, -0.05) is 19.8 Å². The molecule has 1 heterocycles. The molecule has 3 atom stereocenters. The Kier molecular flexibility index (Phi) is 3.65. The Hall–Kier alpha value is -0.410. The molecule has 0 aliphatic heterocycles. The van der Waals surface area contributed by atoms with Gasteiger partial charge in [0.15, 0.2) is 0 Å². The van der Waals surface area contributed by atoms with Crippen LogP contribution in [0.3, 0.4) is 0 Å². The van der Waals surface area contributed by atoms with Crippen LogP contribution in [0.4, 0.5) is 0 Å². The summed E-state index contributed by atoms with van der Waals surface area (Å²) in [5.74, 6) is 1.49. The lowest BCUT2D eigenvalue weighted by Crippen LogP contribution is -2.26. The molecular weight excluding hydrogens is 216 g/mol. The molecule has 1 aliphatic rings. The minimum absolute atomic E-state index is 0.167. The number of aromatic nitrogens is 1. The van der Waals surface area contributed by atoms with Gasteiger partial charge in [-0.25, -0.2) is 4.98 Å². The van der Waals surface area contributed by atoms with E-state index in [-0.39, 0.29) is 6.04 Å². The number of hydrogen-bond donors (Lipinski definition) is 1. The van der Waals surface area contributed by atoms with Crippen molar-refractivity contribution in [3.05, 3.63) is 15.6 Å². The van der Waals surface area contributed by atoms with Crippen LogP contribution in [0, 0.1) is 25.7 Å². The molecular formula is C13H22N2S. The third kappa shape index (κ3) is 2.46. The SMILES string of the molecule is Cc1nc(C(N)C2CCCC(C)C2)sc1C. The Labute approximate surface area is 102 Å². The van der Waals surface area contributed by atoms with Crippen molar-refractivity contribution in [2.24, 2.45) is 17.6 Å². The zero-order valence-corrected chi connectivity index (χ0v) is 11.3. The number of rotatable bonds is 2. The third-order valence-electron chi connectivity index (χ3n) is 3.82. The Morgan fingerprint density at radius 3 is 2.69 bits per heavy atom. The number of aryl methyl sites for hydroxylation is 2. The smallest absolute Gasteiger partial charge is 0.110 e. The summed E-state index contributed by atoms with van der Waals surface area (Å²) in [5, 5.41) is 1.15. The molecule has 0 amide bonds. The Morgan fingerprint density at radius 2 is 2.12 bits per heavy atom. The molecule has 2 N–H and O–H groups in total. The van der Waals surface area contributed by atoms with Crippen LogP contribution < -0.4 is 5.73 Å². The number of hydrogen-bond acceptors (Lipinski definition) is 3. The molecule has 0 aromatic carbocycles. The quantitative estimate of drug-likeness (QED) is 0.855. The number of nitrogens with two attached hydrogens (primary N) is 1. The first-order chi connectivity index (χ1) is 7.58. The first kappa shape index (κ1) is 12.1. The molecule has 1 saturated carbocycles. The minimum Gasteiger partial charge on any atom is -0.322 e. The molecule has 3 unspecified atom stereocenters. The molecule has 16 heavy (non-hydrogen) atoms. The lowest BCUT2D eigenvalue weighted by atomic mass is 9.79. The van der Waals surface area contributed by atoms with Gasteiger partial charge in [0.2, 0.25) is 0 Å². The van der Waals surface area contributed by atoms with Crippen molar-refractivity contribution >= 4 is 11.3 Å². The van der Waals surface area contributed by atoms with E-state index in [9.17, 15) is 0 Å². The molecule has 1 aromatic rings. The van der Waals surface area contributed by atoms with Crippen LogP contribution in [0.25, 0.3) is 0 Å². The van der Waals surface area contributed by atoms with E-state index in [2.05, 4.69) is 25.8 Å². The molecule has 3 heteroatoms. The predicted molar refractivity (Wildman–Crippen MR) is 69.6 cm³/mol. The Morgan fingerprint density at radius 1 is 1.38 bits per heavy atom. The summed E-state index contributed by atoms with van der Waals surface area (Å²) in [7, 11) is 0. The first-order valence-electron chi connectivity index (χ1n) is 6.27. The zero-order valence-electron chi connectivity index (χ0n) is 10.5. The summed E-state index contributed by atoms with van der Waals surface area (Å²) >= 11 is 1.78. The van der Waals surface area contributed by atoms with Crippen LogP contribution in [0.15, 0.2) is 0 Å². The summed E-state index contributed by atoms with van der Waals surface area (Å²) in [5.41, 5.74) is 7.51. The lowest BCUT2D eigenvalue weighted by Gasteiger charge is -2.30. The fourth-order valence-electron chi connectivity index (χ4n) is 2.65. The van der Waals surface area contributed by atoms with E-state index >= 15 is 0 Å². The van der Waals surface area contributed by atoms with Crippen LogP contribution in [0.5, 0.6) is 0 Å². The van der Waals surface area contributed by atoms with Crippen LogP contribution in [0.2, 0.25) is 0 Å². The van der Waals surface area contributed by atoms with E-state index in [0.717, 1.165) is 16.6 Å². The van der Waals surface area contributed by atoms with E-state index in [1.165, 1.54) is 30.6 Å². The highest BCUT2D eigenvalue weighted by Gasteiger charge is 2.27. The van der Waals surface area contributed by atoms with Gasteiger partial charge >= 0.3 is 0 Å². The van der Waals surface area contributed by atoms with Crippen LogP contribution in [-0.2, 0) is 0 Å².